The van der Waals surface area contributed by atoms with Crippen LogP contribution in [0.5, 0.6) is 0 Å². The van der Waals surface area contributed by atoms with Gasteiger partial charge in [-0.3, -0.25) is 0 Å². The number of benzene rings is 1. The van der Waals surface area contributed by atoms with Crippen molar-refractivity contribution < 1.29 is 4.39 Å². The highest BCUT2D eigenvalue weighted by Gasteiger charge is 2.17. The fraction of sp³-hybridized carbons (Fsp3) is 0.267. The van der Waals surface area contributed by atoms with Crippen LogP contribution < -0.4 is 11.1 Å². The average molecular weight is 294 g/mol. The van der Waals surface area contributed by atoms with Crippen LogP contribution in [0.25, 0.3) is 0 Å². The number of nitrogens with two attached hydrogens (primary N) is 1. The van der Waals surface area contributed by atoms with E-state index in [0.717, 1.165) is 12.1 Å². The van der Waals surface area contributed by atoms with Crippen molar-refractivity contribution in [1.82, 2.24) is 10.3 Å². The molecule has 2 rings (SSSR count). The molecule has 0 saturated heterocycles. The number of rotatable bonds is 5. The lowest BCUT2D eigenvalue weighted by atomic mass is 9.99. The number of likely N-dealkylation sites (N-methyl/N-ethyl adjacent to an activating group) is 1. The van der Waals surface area contributed by atoms with Gasteiger partial charge in [-0.2, -0.15) is 0 Å². The van der Waals surface area contributed by atoms with Gasteiger partial charge in [0, 0.05) is 17.8 Å². The molecule has 3 nitrogen and oxygen atoms in total. The second kappa shape index (κ2) is 6.68. The van der Waals surface area contributed by atoms with Gasteiger partial charge in [-0.05, 0) is 30.7 Å². The second-order valence-electron chi connectivity index (χ2n) is 4.51. The standard InChI is InChI=1S/C15H17ClFN3/c1-2-19-13(11-6-4-8-20-15(11)18)9-10-5-3-7-12(16)14(10)17/h3-8,13,19H,2,9H2,1H3,(H2,18,20). The Hall–Kier alpha value is -1.65. The molecule has 1 unspecified atom stereocenters. The lowest BCUT2D eigenvalue weighted by Gasteiger charge is -2.20. The van der Waals surface area contributed by atoms with Crippen LogP contribution >= 0.6 is 11.6 Å². The van der Waals surface area contributed by atoms with Crippen LogP contribution in [-0.2, 0) is 6.42 Å². The van der Waals surface area contributed by atoms with Gasteiger partial charge in [-0.15, -0.1) is 0 Å². The van der Waals surface area contributed by atoms with E-state index in [1.165, 1.54) is 0 Å². The molecular weight excluding hydrogens is 277 g/mol. The molecular formula is C15H17ClFN3. The van der Waals surface area contributed by atoms with Crippen molar-refractivity contribution in [2.45, 2.75) is 19.4 Å². The first-order valence-corrected chi connectivity index (χ1v) is 6.88. The summed E-state index contributed by atoms with van der Waals surface area (Å²) in [6.07, 6.45) is 2.11. The second-order valence-corrected chi connectivity index (χ2v) is 4.91. The number of hydrogen-bond acceptors (Lipinski definition) is 3. The lowest BCUT2D eigenvalue weighted by molar-refractivity contribution is 0.528. The van der Waals surface area contributed by atoms with Crippen molar-refractivity contribution in [3.05, 3.63) is 58.5 Å². The quantitative estimate of drug-likeness (QED) is 0.889. The fourth-order valence-electron chi connectivity index (χ4n) is 2.19. The third-order valence-corrected chi connectivity index (χ3v) is 3.44. The maximum Gasteiger partial charge on any atom is 0.145 e. The maximum absolute atomic E-state index is 14.0. The fourth-order valence-corrected chi connectivity index (χ4v) is 2.38. The van der Waals surface area contributed by atoms with Gasteiger partial charge in [0.2, 0.25) is 0 Å². The normalized spacial score (nSPS) is 12.3. The molecule has 106 valence electrons. The lowest BCUT2D eigenvalue weighted by Crippen LogP contribution is -2.24. The summed E-state index contributed by atoms with van der Waals surface area (Å²) >= 11 is 5.82. The van der Waals surface area contributed by atoms with Crippen LogP contribution in [0.1, 0.15) is 24.1 Å². The number of pyridine rings is 1. The van der Waals surface area contributed by atoms with Gasteiger partial charge in [0.25, 0.3) is 0 Å². The van der Waals surface area contributed by atoms with Gasteiger partial charge < -0.3 is 11.1 Å². The number of anilines is 1. The third-order valence-electron chi connectivity index (χ3n) is 3.15. The zero-order valence-electron chi connectivity index (χ0n) is 11.2. The molecule has 0 amide bonds. The molecule has 0 aliphatic heterocycles. The van der Waals surface area contributed by atoms with Crippen molar-refractivity contribution >= 4 is 17.4 Å². The molecule has 1 heterocycles. The highest BCUT2D eigenvalue weighted by Crippen LogP contribution is 2.26. The average Bonchev–Trinajstić information content (AvgIpc) is 2.44. The number of nitrogens with one attached hydrogen (secondary N) is 1. The van der Waals surface area contributed by atoms with E-state index in [4.69, 9.17) is 17.3 Å². The molecule has 0 fully saturated rings. The molecule has 2 aromatic rings. The Morgan fingerprint density at radius 2 is 2.15 bits per heavy atom. The summed E-state index contributed by atoms with van der Waals surface area (Å²) in [5.74, 6) is 0.0837. The Morgan fingerprint density at radius 3 is 2.85 bits per heavy atom. The molecule has 3 N–H and O–H groups in total. The van der Waals surface area contributed by atoms with Gasteiger partial charge in [-0.1, -0.05) is 36.7 Å². The number of nitrogens with zero attached hydrogens (tertiary/aromatic N) is 1. The van der Waals surface area contributed by atoms with Crippen molar-refractivity contribution in [3.8, 4) is 0 Å². The van der Waals surface area contributed by atoms with Crippen LogP contribution in [0.15, 0.2) is 36.5 Å². The monoisotopic (exact) mass is 293 g/mol. The van der Waals surface area contributed by atoms with E-state index in [2.05, 4.69) is 10.3 Å². The molecule has 0 saturated carbocycles. The predicted molar refractivity (Wildman–Crippen MR) is 80.2 cm³/mol. The summed E-state index contributed by atoms with van der Waals surface area (Å²) in [5.41, 5.74) is 7.33. The highest BCUT2D eigenvalue weighted by molar-refractivity contribution is 6.30. The molecule has 1 aromatic heterocycles. The SMILES string of the molecule is CCNC(Cc1cccc(Cl)c1F)c1cccnc1N. The van der Waals surface area contributed by atoms with Gasteiger partial charge in [0.1, 0.15) is 11.6 Å². The molecule has 0 aliphatic carbocycles. The molecule has 1 aromatic carbocycles. The first kappa shape index (κ1) is 14.8. The number of hydrogen-bond donors (Lipinski definition) is 2. The Bertz CT molecular complexity index is 589. The minimum absolute atomic E-state index is 0.0957. The Kier molecular flexibility index (Phi) is 4.93. The molecule has 20 heavy (non-hydrogen) atoms. The van der Waals surface area contributed by atoms with E-state index in [1.54, 1.807) is 24.4 Å². The summed E-state index contributed by atoms with van der Waals surface area (Å²) in [6.45, 7) is 2.75. The first-order valence-electron chi connectivity index (χ1n) is 6.50. The van der Waals surface area contributed by atoms with Crippen LogP contribution in [-0.4, -0.2) is 11.5 Å². The Balaban J connectivity index is 2.31. The van der Waals surface area contributed by atoms with E-state index < -0.39 is 0 Å². The van der Waals surface area contributed by atoms with Crippen LogP contribution in [0.4, 0.5) is 10.2 Å². The van der Waals surface area contributed by atoms with E-state index in [0.29, 0.717) is 17.8 Å². The van der Waals surface area contributed by atoms with Crippen molar-refractivity contribution in [1.29, 1.82) is 0 Å². The van der Waals surface area contributed by atoms with E-state index in [-0.39, 0.29) is 16.9 Å². The molecule has 0 bridgehead atoms. The molecule has 0 spiro atoms. The molecule has 0 radical (unpaired) electrons. The van der Waals surface area contributed by atoms with Crippen LogP contribution in [0, 0.1) is 5.82 Å². The summed E-state index contributed by atoms with van der Waals surface area (Å²) in [7, 11) is 0. The van der Waals surface area contributed by atoms with Crippen LogP contribution in [0.2, 0.25) is 5.02 Å². The Morgan fingerprint density at radius 1 is 1.35 bits per heavy atom. The molecule has 0 aliphatic rings. The van der Waals surface area contributed by atoms with Gasteiger partial charge in [0.05, 0.1) is 5.02 Å². The zero-order chi connectivity index (χ0) is 14.5. The zero-order valence-corrected chi connectivity index (χ0v) is 12.0. The van der Waals surface area contributed by atoms with Gasteiger partial charge in [0.15, 0.2) is 0 Å². The topological polar surface area (TPSA) is 50.9 Å². The largest absolute Gasteiger partial charge is 0.383 e. The van der Waals surface area contributed by atoms with E-state index in [9.17, 15) is 4.39 Å². The third kappa shape index (κ3) is 3.26. The predicted octanol–water partition coefficient (Wildman–Crippen LogP) is 3.35. The first-order chi connectivity index (χ1) is 9.63. The van der Waals surface area contributed by atoms with Crippen LogP contribution in [0.3, 0.4) is 0 Å². The minimum atomic E-state index is -0.375. The minimum Gasteiger partial charge on any atom is -0.383 e. The highest BCUT2D eigenvalue weighted by atomic mass is 35.5. The summed E-state index contributed by atoms with van der Waals surface area (Å²) in [4.78, 5) is 4.08. The number of aromatic nitrogens is 1. The molecule has 5 heteroatoms. The van der Waals surface area contributed by atoms with Crippen molar-refractivity contribution in [2.24, 2.45) is 0 Å². The number of halogens is 2. The van der Waals surface area contributed by atoms with E-state index >= 15 is 0 Å². The summed E-state index contributed by atoms with van der Waals surface area (Å²) in [6, 6.07) is 8.65. The van der Waals surface area contributed by atoms with E-state index in [1.807, 2.05) is 19.1 Å². The van der Waals surface area contributed by atoms with Gasteiger partial charge in [-0.25, -0.2) is 9.37 Å². The number of nitrogen functional groups attached to an aromatic ring is 1. The summed E-state index contributed by atoms with van der Waals surface area (Å²) in [5, 5.41) is 3.44. The van der Waals surface area contributed by atoms with Gasteiger partial charge >= 0.3 is 0 Å². The molecule has 1 atom stereocenters. The Labute approximate surface area is 123 Å². The van der Waals surface area contributed by atoms with Crippen molar-refractivity contribution in [2.75, 3.05) is 12.3 Å². The smallest absolute Gasteiger partial charge is 0.145 e. The summed E-state index contributed by atoms with van der Waals surface area (Å²) < 4.78 is 14.0. The van der Waals surface area contributed by atoms with Crippen molar-refractivity contribution in [3.63, 3.8) is 0 Å². The maximum atomic E-state index is 14.0.